The highest BCUT2D eigenvalue weighted by Gasteiger charge is 2.16. The van der Waals surface area contributed by atoms with Crippen molar-refractivity contribution in [1.82, 2.24) is 9.78 Å². The average Bonchev–Trinajstić information content (AvgIpc) is 2.86. The van der Waals surface area contributed by atoms with E-state index in [0.29, 0.717) is 18.7 Å². The summed E-state index contributed by atoms with van der Waals surface area (Å²) in [4.78, 5) is 11.9. The van der Waals surface area contributed by atoms with Gasteiger partial charge in [-0.1, -0.05) is 12.0 Å². The molecular weight excluding hydrogens is 266 g/mol. The van der Waals surface area contributed by atoms with E-state index in [0.717, 1.165) is 16.9 Å². The number of aryl methyl sites for hydroxylation is 1. The van der Waals surface area contributed by atoms with Crippen LogP contribution < -0.4 is 5.32 Å². The summed E-state index contributed by atoms with van der Waals surface area (Å²) in [7, 11) is 1.79. The summed E-state index contributed by atoms with van der Waals surface area (Å²) in [5, 5.41) is 7.35. The summed E-state index contributed by atoms with van der Waals surface area (Å²) in [6.45, 7) is 2.57. The van der Waals surface area contributed by atoms with Crippen molar-refractivity contribution in [2.75, 3.05) is 11.9 Å². The van der Waals surface area contributed by atoms with Gasteiger partial charge >= 0.3 is 5.97 Å². The molecule has 5 nitrogen and oxygen atoms in total. The molecule has 1 heterocycles. The van der Waals surface area contributed by atoms with E-state index in [1.807, 2.05) is 24.3 Å². The Kier molecular flexibility index (Phi) is 4.62. The zero-order chi connectivity index (χ0) is 15.2. The standard InChI is InChI=1S/C16H17N3O2/c1-4-12-7-6-8-13(9-12)17-11-15-14(10-18-19(15)3)16(20)21-5-2/h1,6-10,17H,5,11H2,2-3H3. The average molecular weight is 283 g/mol. The third-order valence-electron chi connectivity index (χ3n) is 3.05. The molecule has 0 unspecified atom stereocenters. The number of ether oxygens (including phenoxy) is 1. The summed E-state index contributed by atoms with van der Waals surface area (Å²) in [6, 6.07) is 7.54. The van der Waals surface area contributed by atoms with Crippen LogP contribution in [0.15, 0.2) is 30.5 Å². The Balaban J connectivity index is 2.14. The van der Waals surface area contributed by atoms with Crippen molar-refractivity contribution >= 4 is 11.7 Å². The molecule has 0 aliphatic heterocycles. The number of carbonyl (C=O) groups is 1. The number of esters is 1. The van der Waals surface area contributed by atoms with Crippen LogP contribution in [0.5, 0.6) is 0 Å². The lowest BCUT2D eigenvalue weighted by Gasteiger charge is -2.09. The number of aromatic nitrogens is 2. The molecule has 0 aliphatic carbocycles. The van der Waals surface area contributed by atoms with Crippen molar-refractivity contribution in [3.05, 3.63) is 47.3 Å². The minimum atomic E-state index is -0.361. The van der Waals surface area contributed by atoms with Gasteiger partial charge in [0.25, 0.3) is 0 Å². The maximum Gasteiger partial charge on any atom is 0.341 e. The van der Waals surface area contributed by atoms with Crippen molar-refractivity contribution in [2.24, 2.45) is 7.05 Å². The molecule has 0 saturated carbocycles. The normalized spacial score (nSPS) is 9.95. The summed E-state index contributed by atoms with van der Waals surface area (Å²) < 4.78 is 6.68. The highest BCUT2D eigenvalue weighted by Crippen LogP contribution is 2.14. The minimum Gasteiger partial charge on any atom is -0.462 e. The number of nitrogens with one attached hydrogen (secondary N) is 1. The summed E-state index contributed by atoms with van der Waals surface area (Å²) >= 11 is 0. The SMILES string of the molecule is C#Cc1cccc(NCc2c(C(=O)OCC)cnn2C)c1. The van der Waals surface area contributed by atoms with E-state index in [-0.39, 0.29) is 5.97 Å². The van der Waals surface area contributed by atoms with Gasteiger partial charge in [-0.15, -0.1) is 6.42 Å². The van der Waals surface area contributed by atoms with Crippen LogP contribution in [0.2, 0.25) is 0 Å². The molecule has 0 bridgehead atoms. The highest BCUT2D eigenvalue weighted by molar-refractivity contribution is 5.90. The van der Waals surface area contributed by atoms with Crippen LogP contribution in [0.25, 0.3) is 0 Å². The van der Waals surface area contributed by atoms with E-state index >= 15 is 0 Å². The summed E-state index contributed by atoms with van der Waals surface area (Å²) in [6.07, 6.45) is 6.90. The van der Waals surface area contributed by atoms with Gasteiger partial charge < -0.3 is 10.1 Å². The van der Waals surface area contributed by atoms with Gasteiger partial charge in [-0.05, 0) is 25.1 Å². The van der Waals surface area contributed by atoms with Crippen molar-refractivity contribution in [1.29, 1.82) is 0 Å². The molecule has 0 saturated heterocycles. The lowest BCUT2D eigenvalue weighted by Crippen LogP contribution is -2.12. The topological polar surface area (TPSA) is 56.1 Å². The van der Waals surface area contributed by atoms with Crippen LogP contribution in [0.1, 0.15) is 28.5 Å². The molecule has 0 atom stereocenters. The predicted molar refractivity (Wildman–Crippen MR) is 80.9 cm³/mol. The van der Waals surface area contributed by atoms with Gasteiger partial charge in [0.1, 0.15) is 5.56 Å². The van der Waals surface area contributed by atoms with Gasteiger partial charge in [-0.3, -0.25) is 4.68 Å². The van der Waals surface area contributed by atoms with E-state index in [1.165, 1.54) is 6.20 Å². The smallest absolute Gasteiger partial charge is 0.341 e. The first-order chi connectivity index (χ1) is 10.2. The Hall–Kier alpha value is -2.74. The first-order valence-electron chi connectivity index (χ1n) is 6.64. The van der Waals surface area contributed by atoms with Crippen LogP contribution in [-0.4, -0.2) is 22.4 Å². The molecule has 0 fully saturated rings. The van der Waals surface area contributed by atoms with Gasteiger partial charge in [0.15, 0.2) is 0 Å². The number of rotatable bonds is 5. The Morgan fingerprint density at radius 3 is 3.05 bits per heavy atom. The fraction of sp³-hybridized carbons (Fsp3) is 0.250. The van der Waals surface area contributed by atoms with E-state index < -0.39 is 0 Å². The maximum atomic E-state index is 11.9. The van der Waals surface area contributed by atoms with Crippen LogP contribution in [0.4, 0.5) is 5.69 Å². The predicted octanol–water partition coefficient (Wildman–Crippen LogP) is 2.19. The number of hydrogen-bond donors (Lipinski definition) is 1. The second kappa shape index (κ2) is 6.62. The van der Waals surface area contributed by atoms with E-state index in [1.54, 1.807) is 18.7 Å². The molecule has 0 radical (unpaired) electrons. The lowest BCUT2D eigenvalue weighted by atomic mass is 10.2. The number of hydrogen-bond acceptors (Lipinski definition) is 4. The monoisotopic (exact) mass is 283 g/mol. The van der Waals surface area contributed by atoms with Crippen molar-refractivity contribution < 1.29 is 9.53 Å². The summed E-state index contributed by atoms with van der Waals surface area (Å²) in [5.41, 5.74) is 2.93. The zero-order valence-electron chi connectivity index (χ0n) is 12.1. The van der Waals surface area contributed by atoms with Gasteiger partial charge in [0.2, 0.25) is 0 Å². The van der Waals surface area contributed by atoms with E-state index in [4.69, 9.17) is 11.2 Å². The Bertz CT molecular complexity index is 683. The number of benzene rings is 1. The zero-order valence-corrected chi connectivity index (χ0v) is 12.1. The molecule has 5 heteroatoms. The fourth-order valence-electron chi connectivity index (χ4n) is 1.96. The number of terminal acetylenes is 1. The Morgan fingerprint density at radius 1 is 1.52 bits per heavy atom. The molecule has 0 amide bonds. The highest BCUT2D eigenvalue weighted by atomic mass is 16.5. The third kappa shape index (κ3) is 3.42. The third-order valence-corrected chi connectivity index (χ3v) is 3.05. The van der Waals surface area contributed by atoms with Crippen LogP contribution in [0.3, 0.4) is 0 Å². The molecule has 108 valence electrons. The van der Waals surface area contributed by atoms with Gasteiger partial charge in [-0.25, -0.2) is 4.79 Å². The molecule has 1 aromatic heterocycles. The van der Waals surface area contributed by atoms with Crippen molar-refractivity contribution in [3.8, 4) is 12.3 Å². The first-order valence-corrected chi connectivity index (χ1v) is 6.64. The fourth-order valence-corrected chi connectivity index (χ4v) is 1.96. The second-order valence-corrected chi connectivity index (χ2v) is 4.43. The molecule has 1 N–H and O–H groups in total. The second-order valence-electron chi connectivity index (χ2n) is 4.43. The molecule has 2 aromatic rings. The Morgan fingerprint density at radius 2 is 2.33 bits per heavy atom. The minimum absolute atomic E-state index is 0.338. The molecule has 0 aliphatic rings. The van der Waals surface area contributed by atoms with Gasteiger partial charge in [0.05, 0.1) is 25.0 Å². The lowest BCUT2D eigenvalue weighted by molar-refractivity contribution is 0.0525. The maximum absolute atomic E-state index is 11.9. The molecule has 2 rings (SSSR count). The van der Waals surface area contributed by atoms with Gasteiger partial charge in [-0.2, -0.15) is 5.10 Å². The van der Waals surface area contributed by atoms with E-state index in [9.17, 15) is 4.79 Å². The Labute approximate surface area is 123 Å². The van der Waals surface area contributed by atoms with Crippen molar-refractivity contribution in [3.63, 3.8) is 0 Å². The molecule has 1 aromatic carbocycles. The first kappa shape index (κ1) is 14.7. The quantitative estimate of drug-likeness (QED) is 0.675. The molecular formula is C16H17N3O2. The van der Waals surface area contributed by atoms with Gasteiger partial charge in [0, 0.05) is 18.3 Å². The number of anilines is 1. The van der Waals surface area contributed by atoms with Crippen LogP contribution in [-0.2, 0) is 18.3 Å². The molecule has 21 heavy (non-hydrogen) atoms. The van der Waals surface area contributed by atoms with Crippen LogP contribution in [0, 0.1) is 12.3 Å². The van der Waals surface area contributed by atoms with Crippen LogP contribution >= 0.6 is 0 Å². The summed E-state index contributed by atoms with van der Waals surface area (Å²) in [5.74, 6) is 2.23. The number of nitrogens with zero attached hydrogens (tertiary/aromatic N) is 2. The molecule has 0 spiro atoms. The largest absolute Gasteiger partial charge is 0.462 e. The van der Waals surface area contributed by atoms with E-state index in [2.05, 4.69) is 16.3 Å². The van der Waals surface area contributed by atoms with Crippen molar-refractivity contribution in [2.45, 2.75) is 13.5 Å². The number of carbonyl (C=O) groups excluding carboxylic acids is 1.